The summed E-state index contributed by atoms with van der Waals surface area (Å²) >= 11 is 1.64. The highest BCUT2D eigenvalue weighted by atomic mass is 32.2. The third kappa shape index (κ3) is 5.27. The predicted molar refractivity (Wildman–Crippen MR) is 74.4 cm³/mol. The van der Waals surface area contributed by atoms with Crippen molar-refractivity contribution in [2.24, 2.45) is 5.73 Å². The highest BCUT2D eigenvalue weighted by molar-refractivity contribution is 8.00. The van der Waals surface area contributed by atoms with E-state index < -0.39 is 0 Å². The van der Waals surface area contributed by atoms with Crippen LogP contribution < -0.4 is 11.1 Å². The fourth-order valence-electron chi connectivity index (χ4n) is 1.94. The Morgan fingerprint density at radius 2 is 2.28 bits per heavy atom. The van der Waals surface area contributed by atoms with Crippen molar-refractivity contribution in [1.82, 2.24) is 10.2 Å². The largest absolute Gasteiger partial charge is 0.355 e. The lowest BCUT2D eigenvalue weighted by atomic mass is 10.1. The molecule has 0 spiro atoms. The zero-order chi connectivity index (χ0) is 13.4. The second kappa shape index (κ2) is 8.37. The maximum atomic E-state index is 11.5. The van der Waals surface area contributed by atoms with Gasteiger partial charge in [-0.15, -0.1) is 11.8 Å². The quantitative estimate of drug-likeness (QED) is 0.725. The van der Waals surface area contributed by atoms with Crippen molar-refractivity contribution in [2.45, 2.75) is 31.4 Å². The fraction of sp³-hybridized carbons (Fsp3) is 0.833. The molecule has 1 aliphatic heterocycles. The van der Waals surface area contributed by atoms with Crippen molar-refractivity contribution in [3.05, 3.63) is 0 Å². The SMILES string of the molecule is CCCNC(=O)CSC1CCCN(C(=O)CN)C1. The highest BCUT2D eigenvalue weighted by Gasteiger charge is 2.23. The topological polar surface area (TPSA) is 75.4 Å². The van der Waals surface area contributed by atoms with E-state index in [1.807, 2.05) is 11.8 Å². The fourth-order valence-corrected chi connectivity index (χ4v) is 3.05. The second-order valence-electron chi connectivity index (χ2n) is 4.47. The van der Waals surface area contributed by atoms with Gasteiger partial charge in [0, 0.05) is 24.9 Å². The number of nitrogens with zero attached hydrogens (tertiary/aromatic N) is 1. The van der Waals surface area contributed by atoms with Crippen LogP contribution in [-0.4, -0.2) is 53.9 Å². The lowest BCUT2D eigenvalue weighted by Crippen LogP contribution is -2.44. The molecule has 1 atom stereocenters. The van der Waals surface area contributed by atoms with Crippen molar-refractivity contribution in [3.8, 4) is 0 Å². The maximum Gasteiger partial charge on any atom is 0.236 e. The third-order valence-corrected chi connectivity index (χ3v) is 4.21. The average Bonchev–Trinajstić information content (AvgIpc) is 2.42. The molecule has 1 fully saturated rings. The highest BCUT2D eigenvalue weighted by Crippen LogP contribution is 2.22. The minimum absolute atomic E-state index is 0.00994. The third-order valence-electron chi connectivity index (χ3n) is 2.93. The van der Waals surface area contributed by atoms with Crippen molar-refractivity contribution in [1.29, 1.82) is 0 Å². The summed E-state index contributed by atoms with van der Waals surface area (Å²) in [6.07, 6.45) is 3.03. The summed E-state index contributed by atoms with van der Waals surface area (Å²) in [5.41, 5.74) is 5.36. The van der Waals surface area contributed by atoms with E-state index in [2.05, 4.69) is 5.32 Å². The zero-order valence-corrected chi connectivity index (χ0v) is 11.8. The molecule has 0 radical (unpaired) electrons. The lowest BCUT2D eigenvalue weighted by molar-refractivity contribution is -0.130. The summed E-state index contributed by atoms with van der Waals surface area (Å²) in [6, 6.07) is 0. The van der Waals surface area contributed by atoms with E-state index >= 15 is 0 Å². The zero-order valence-electron chi connectivity index (χ0n) is 11.0. The van der Waals surface area contributed by atoms with Gasteiger partial charge >= 0.3 is 0 Å². The lowest BCUT2D eigenvalue weighted by Gasteiger charge is -2.32. The molecule has 1 saturated heterocycles. The molecular formula is C12H23N3O2S. The Morgan fingerprint density at radius 1 is 1.50 bits per heavy atom. The number of likely N-dealkylation sites (tertiary alicyclic amines) is 1. The molecule has 0 aromatic heterocycles. The number of hydrogen-bond donors (Lipinski definition) is 2. The van der Waals surface area contributed by atoms with Crippen LogP contribution in [0.3, 0.4) is 0 Å². The van der Waals surface area contributed by atoms with Crippen LogP contribution in [0.1, 0.15) is 26.2 Å². The smallest absolute Gasteiger partial charge is 0.236 e. The van der Waals surface area contributed by atoms with Crippen molar-refractivity contribution in [2.75, 3.05) is 31.9 Å². The molecule has 6 heteroatoms. The van der Waals surface area contributed by atoms with Crippen molar-refractivity contribution in [3.63, 3.8) is 0 Å². The number of piperidine rings is 1. The van der Waals surface area contributed by atoms with Crippen molar-refractivity contribution >= 4 is 23.6 Å². The molecule has 0 aromatic rings. The van der Waals surface area contributed by atoms with Gasteiger partial charge in [0.2, 0.25) is 11.8 Å². The Morgan fingerprint density at radius 3 is 2.94 bits per heavy atom. The standard InChI is InChI=1S/C12H23N3O2S/c1-2-5-14-11(16)9-18-10-4-3-6-15(8-10)12(17)7-13/h10H,2-9,13H2,1H3,(H,14,16). The van der Waals surface area contributed by atoms with Gasteiger partial charge in [0.05, 0.1) is 12.3 Å². The van der Waals surface area contributed by atoms with Gasteiger partial charge in [-0.2, -0.15) is 0 Å². The van der Waals surface area contributed by atoms with E-state index in [1.54, 1.807) is 11.8 Å². The molecule has 104 valence electrons. The number of thioether (sulfide) groups is 1. The molecular weight excluding hydrogens is 250 g/mol. The van der Waals surface area contributed by atoms with Crippen LogP contribution in [0.15, 0.2) is 0 Å². The van der Waals surface area contributed by atoms with Crippen molar-refractivity contribution < 1.29 is 9.59 Å². The van der Waals surface area contributed by atoms with Gasteiger partial charge in [-0.25, -0.2) is 0 Å². The van der Waals surface area contributed by atoms with Crippen LogP contribution in [0.25, 0.3) is 0 Å². The van der Waals surface area contributed by atoms with Crippen LogP contribution in [0.5, 0.6) is 0 Å². The summed E-state index contributed by atoms with van der Waals surface area (Å²) in [5.74, 6) is 0.579. The molecule has 1 heterocycles. The molecule has 0 saturated carbocycles. The monoisotopic (exact) mass is 273 g/mol. The summed E-state index contributed by atoms with van der Waals surface area (Å²) in [7, 11) is 0. The minimum atomic E-state index is 0.00994. The van der Waals surface area contributed by atoms with E-state index in [9.17, 15) is 9.59 Å². The normalized spacial score (nSPS) is 19.7. The number of carbonyl (C=O) groups is 2. The van der Waals surface area contributed by atoms with Gasteiger partial charge in [-0.1, -0.05) is 6.92 Å². The maximum absolute atomic E-state index is 11.5. The van der Waals surface area contributed by atoms with E-state index in [0.717, 1.165) is 38.9 Å². The first kappa shape index (κ1) is 15.3. The summed E-state index contributed by atoms with van der Waals surface area (Å²) < 4.78 is 0. The molecule has 2 amide bonds. The molecule has 1 unspecified atom stereocenters. The second-order valence-corrected chi connectivity index (χ2v) is 5.76. The molecule has 1 aliphatic rings. The van der Waals surface area contributed by atoms with Crippen LogP contribution in [0, 0.1) is 0 Å². The summed E-state index contributed by atoms with van der Waals surface area (Å²) in [5, 5.41) is 3.22. The molecule has 0 bridgehead atoms. The number of hydrogen-bond acceptors (Lipinski definition) is 4. The predicted octanol–water partition coefficient (Wildman–Crippen LogP) is 0.196. The molecule has 18 heavy (non-hydrogen) atoms. The van der Waals surface area contributed by atoms with Crippen LogP contribution in [-0.2, 0) is 9.59 Å². The Labute approximate surface area is 113 Å². The summed E-state index contributed by atoms with van der Waals surface area (Å²) in [6.45, 7) is 4.37. The van der Waals surface area contributed by atoms with Gasteiger partial charge in [-0.05, 0) is 19.3 Å². The van der Waals surface area contributed by atoms with E-state index in [4.69, 9.17) is 5.73 Å². The first-order valence-corrected chi connectivity index (χ1v) is 7.58. The average molecular weight is 273 g/mol. The summed E-state index contributed by atoms with van der Waals surface area (Å²) in [4.78, 5) is 24.8. The van der Waals surface area contributed by atoms with Gasteiger partial charge in [-0.3, -0.25) is 9.59 Å². The van der Waals surface area contributed by atoms with Gasteiger partial charge in [0.1, 0.15) is 0 Å². The molecule has 0 aliphatic carbocycles. The van der Waals surface area contributed by atoms with E-state index in [-0.39, 0.29) is 18.4 Å². The van der Waals surface area contributed by atoms with E-state index in [0.29, 0.717) is 11.0 Å². The Kier molecular flexibility index (Phi) is 7.12. The van der Waals surface area contributed by atoms with Gasteiger partial charge < -0.3 is 16.0 Å². The number of rotatable bonds is 6. The molecule has 0 aromatic carbocycles. The number of nitrogens with one attached hydrogen (secondary N) is 1. The minimum Gasteiger partial charge on any atom is -0.355 e. The first-order chi connectivity index (χ1) is 8.67. The Bertz CT molecular complexity index is 286. The molecule has 3 N–H and O–H groups in total. The van der Waals surface area contributed by atoms with Gasteiger partial charge in [0.15, 0.2) is 0 Å². The number of nitrogens with two attached hydrogens (primary N) is 1. The van der Waals surface area contributed by atoms with Crippen LogP contribution in [0.4, 0.5) is 0 Å². The van der Waals surface area contributed by atoms with Crippen LogP contribution >= 0.6 is 11.8 Å². The molecule has 1 rings (SSSR count). The first-order valence-electron chi connectivity index (χ1n) is 6.53. The number of amides is 2. The van der Waals surface area contributed by atoms with Crippen LogP contribution in [0.2, 0.25) is 0 Å². The molecule has 5 nitrogen and oxygen atoms in total. The Balaban J connectivity index is 2.25. The van der Waals surface area contributed by atoms with Gasteiger partial charge in [0.25, 0.3) is 0 Å². The Hall–Kier alpha value is -0.750. The number of carbonyl (C=O) groups excluding carboxylic acids is 2. The van der Waals surface area contributed by atoms with E-state index in [1.165, 1.54) is 0 Å².